The standard InChI is InChI=1S/C16H23N3O2S.HI/c1-17-16(19-14-11-12-7-8-15(14)21-12)18-9-10-22(20)13-5-3-2-4-6-13;/h2-6,12,14-15H,7-11H2,1H3,(H2,17,18,19);1H. The highest BCUT2D eigenvalue weighted by atomic mass is 127. The van der Waals surface area contributed by atoms with Crippen LogP contribution < -0.4 is 10.6 Å². The SMILES string of the molecule is CN=C(NCCS(=O)c1ccccc1)NC1CC2CCC1O2.I. The maximum Gasteiger partial charge on any atom is 0.191 e. The summed E-state index contributed by atoms with van der Waals surface area (Å²) in [5, 5.41) is 6.67. The van der Waals surface area contributed by atoms with Gasteiger partial charge in [0.1, 0.15) is 0 Å². The van der Waals surface area contributed by atoms with E-state index >= 15 is 0 Å². The summed E-state index contributed by atoms with van der Waals surface area (Å²) in [5.41, 5.74) is 0. The fraction of sp³-hybridized carbons (Fsp3) is 0.562. The van der Waals surface area contributed by atoms with Crippen molar-refractivity contribution in [2.45, 2.75) is 42.4 Å². The smallest absolute Gasteiger partial charge is 0.191 e. The largest absolute Gasteiger partial charge is 0.373 e. The zero-order valence-electron chi connectivity index (χ0n) is 13.2. The van der Waals surface area contributed by atoms with E-state index in [4.69, 9.17) is 4.74 Å². The second-order valence-electron chi connectivity index (χ2n) is 5.72. The summed E-state index contributed by atoms with van der Waals surface area (Å²) in [6.07, 6.45) is 4.12. The third-order valence-electron chi connectivity index (χ3n) is 4.24. The molecule has 2 aliphatic rings. The number of benzene rings is 1. The monoisotopic (exact) mass is 449 g/mol. The summed E-state index contributed by atoms with van der Waals surface area (Å²) >= 11 is 0. The summed E-state index contributed by atoms with van der Waals surface area (Å²) in [5.74, 6) is 1.34. The minimum Gasteiger partial charge on any atom is -0.373 e. The molecule has 0 aliphatic carbocycles. The van der Waals surface area contributed by atoms with Crippen LogP contribution in [0.1, 0.15) is 19.3 Å². The minimum absolute atomic E-state index is 0. The van der Waals surface area contributed by atoms with E-state index in [1.807, 2.05) is 30.3 Å². The first-order chi connectivity index (χ1) is 10.8. The summed E-state index contributed by atoms with van der Waals surface area (Å²) < 4.78 is 18.0. The first-order valence-electron chi connectivity index (χ1n) is 7.82. The summed E-state index contributed by atoms with van der Waals surface area (Å²) in [6.45, 7) is 0.628. The molecule has 2 aliphatic heterocycles. The Morgan fingerprint density at radius 3 is 2.74 bits per heavy atom. The molecule has 0 spiro atoms. The van der Waals surface area contributed by atoms with E-state index in [-0.39, 0.29) is 24.0 Å². The Kier molecular flexibility index (Phi) is 7.29. The second kappa shape index (κ2) is 8.98. The van der Waals surface area contributed by atoms with E-state index in [1.54, 1.807) is 7.05 Å². The van der Waals surface area contributed by atoms with Crippen LogP contribution in [0.3, 0.4) is 0 Å². The van der Waals surface area contributed by atoms with Crippen molar-refractivity contribution < 1.29 is 8.95 Å². The van der Waals surface area contributed by atoms with Crippen LogP contribution in [0.15, 0.2) is 40.2 Å². The van der Waals surface area contributed by atoms with Crippen molar-refractivity contribution in [1.82, 2.24) is 10.6 Å². The zero-order valence-corrected chi connectivity index (χ0v) is 16.4. The molecule has 4 unspecified atom stereocenters. The van der Waals surface area contributed by atoms with Gasteiger partial charge in [0.25, 0.3) is 0 Å². The highest BCUT2D eigenvalue weighted by Crippen LogP contribution is 2.34. The molecule has 0 saturated carbocycles. The van der Waals surface area contributed by atoms with Crippen LogP contribution >= 0.6 is 24.0 Å². The maximum absolute atomic E-state index is 12.2. The lowest BCUT2D eigenvalue weighted by atomic mass is 9.96. The molecule has 4 atom stereocenters. The first kappa shape index (κ1) is 18.7. The molecule has 5 nitrogen and oxygen atoms in total. The molecule has 23 heavy (non-hydrogen) atoms. The van der Waals surface area contributed by atoms with Crippen molar-refractivity contribution in [3.8, 4) is 0 Å². The molecule has 0 amide bonds. The van der Waals surface area contributed by atoms with Gasteiger partial charge in [-0.05, 0) is 31.4 Å². The average molecular weight is 449 g/mol. The van der Waals surface area contributed by atoms with E-state index < -0.39 is 10.8 Å². The quantitative estimate of drug-likeness (QED) is 0.410. The highest BCUT2D eigenvalue weighted by molar-refractivity contribution is 14.0. The number of rotatable bonds is 5. The number of nitrogens with zero attached hydrogens (tertiary/aromatic N) is 1. The number of ether oxygens (including phenoxy) is 1. The van der Waals surface area contributed by atoms with Gasteiger partial charge in [-0.2, -0.15) is 0 Å². The van der Waals surface area contributed by atoms with E-state index in [0.717, 1.165) is 23.7 Å². The van der Waals surface area contributed by atoms with E-state index in [0.29, 0.717) is 30.5 Å². The lowest BCUT2D eigenvalue weighted by molar-refractivity contribution is 0.0992. The normalized spacial score (nSPS) is 27.3. The van der Waals surface area contributed by atoms with Crippen LogP contribution in [-0.4, -0.2) is 47.8 Å². The molecular weight excluding hydrogens is 425 g/mol. The zero-order chi connectivity index (χ0) is 15.4. The average Bonchev–Trinajstić information content (AvgIpc) is 3.17. The Morgan fingerprint density at radius 2 is 2.13 bits per heavy atom. The molecule has 2 N–H and O–H groups in total. The van der Waals surface area contributed by atoms with Crippen molar-refractivity contribution in [3.05, 3.63) is 30.3 Å². The summed E-state index contributed by atoms with van der Waals surface area (Å²) in [4.78, 5) is 5.11. The van der Waals surface area contributed by atoms with Crippen molar-refractivity contribution >= 4 is 40.7 Å². The minimum atomic E-state index is -0.977. The van der Waals surface area contributed by atoms with Crippen LogP contribution in [0.4, 0.5) is 0 Å². The molecule has 0 aromatic heterocycles. The van der Waals surface area contributed by atoms with E-state index in [9.17, 15) is 4.21 Å². The molecule has 3 rings (SSSR count). The van der Waals surface area contributed by atoms with E-state index in [1.165, 1.54) is 6.42 Å². The molecule has 1 aromatic carbocycles. The number of aliphatic imine (C=N–C) groups is 1. The highest BCUT2D eigenvalue weighted by Gasteiger charge is 2.41. The first-order valence-corrected chi connectivity index (χ1v) is 9.14. The van der Waals surface area contributed by atoms with Crippen LogP contribution in [0.5, 0.6) is 0 Å². The fourth-order valence-electron chi connectivity index (χ4n) is 3.11. The van der Waals surface area contributed by atoms with Crippen molar-refractivity contribution in [1.29, 1.82) is 0 Å². The molecule has 2 fully saturated rings. The summed E-state index contributed by atoms with van der Waals surface area (Å²) in [6, 6.07) is 9.91. The number of hydrogen-bond donors (Lipinski definition) is 2. The van der Waals surface area contributed by atoms with Crippen LogP contribution in [0.25, 0.3) is 0 Å². The van der Waals surface area contributed by atoms with Gasteiger partial charge in [-0.3, -0.25) is 9.20 Å². The molecule has 2 bridgehead atoms. The van der Waals surface area contributed by atoms with Crippen LogP contribution in [-0.2, 0) is 15.5 Å². The predicted molar refractivity (Wildman–Crippen MR) is 104 cm³/mol. The Labute approximate surface area is 157 Å². The van der Waals surface area contributed by atoms with E-state index in [2.05, 4.69) is 15.6 Å². The Balaban J connectivity index is 0.00000192. The second-order valence-corrected chi connectivity index (χ2v) is 7.29. The van der Waals surface area contributed by atoms with Gasteiger partial charge in [-0.25, -0.2) is 0 Å². The van der Waals surface area contributed by atoms with Crippen molar-refractivity contribution in [2.24, 2.45) is 4.99 Å². The van der Waals surface area contributed by atoms with Gasteiger partial charge in [0, 0.05) is 24.2 Å². The lowest BCUT2D eigenvalue weighted by Gasteiger charge is -2.22. The lowest BCUT2D eigenvalue weighted by Crippen LogP contribution is -2.48. The van der Waals surface area contributed by atoms with Crippen LogP contribution in [0, 0.1) is 0 Å². The topological polar surface area (TPSA) is 62.7 Å². The molecule has 2 heterocycles. The maximum atomic E-state index is 12.2. The summed E-state index contributed by atoms with van der Waals surface area (Å²) in [7, 11) is 0.784. The van der Waals surface area contributed by atoms with Gasteiger partial charge in [0.15, 0.2) is 5.96 Å². The van der Waals surface area contributed by atoms with Gasteiger partial charge >= 0.3 is 0 Å². The number of halogens is 1. The number of fused-ring (bicyclic) bond motifs is 2. The number of hydrogen-bond acceptors (Lipinski definition) is 3. The van der Waals surface area contributed by atoms with Crippen molar-refractivity contribution in [2.75, 3.05) is 19.3 Å². The number of guanidine groups is 1. The van der Waals surface area contributed by atoms with Gasteiger partial charge in [-0.15, -0.1) is 24.0 Å². The molecular formula is C16H24IN3O2S. The van der Waals surface area contributed by atoms with Gasteiger partial charge in [0.2, 0.25) is 0 Å². The van der Waals surface area contributed by atoms with Gasteiger partial charge in [-0.1, -0.05) is 18.2 Å². The molecule has 1 aromatic rings. The Bertz CT molecular complexity index is 556. The molecule has 2 saturated heterocycles. The molecule has 0 radical (unpaired) electrons. The third-order valence-corrected chi connectivity index (χ3v) is 5.61. The van der Waals surface area contributed by atoms with Gasteiger partial charge < -0.3 is 15.4 Å². The third kappa shape index (κ3) is 4.90. The number of nitrogens with one attached hydrogen (secondary N) is 2. The Morgan fingerprint density at radius 1 is 1.35 bits per heavy atom. The molecule has 128 valence electrons. The predicted octanol–water partition coefficient (Wildman–Crippen LogP) is 1.90. The van der Waals surface area contributed by atoms with Crippen LogP contribution in [0.2, 0.25) is 0 Å². The van der Waals surface area contributed by atoms with Crippen molar-refractivity contribution in [3.63, 3.8) is 0 Å². The Hall–Kier alpha value is -0.670. The molecule has 7 heteroatoms. The fourth-order valence-corrected chi connectivity index (χ4v) is 4.10. The van der Waals surface area contributed by atoms with Gasteiger partial charge in [0.05, 0.1) is 29.0 Å².